The van der Waals surface area contributed by atoms with Crippen molar-refractivity contribution >= 4 is 11.9 Å². The van der Waals surface area contributed by atoms with Crippen molar-refractivity contribution in [3.63, 3.8) is 0 Å². The van der Waals surface area contributed by atoms with Crippen LogP contribution in [0.3, 0.4) is 0 Å². The number of aryl methyl sites for hydroxylation is 1. The second-order valence-corrected chi connectivity index (χ2v) is 9.53. The van der Waals surface area contributed by atoms with Crippen LogP contribution < -0.4 is 0 Å². The van der Waals surface area contributed by atoms with Gasteiger partial charge in [0.15, 0.2) is 0 Å². The molecule has 1 saturated carbocycles. The van der Waals surface area contributed by atoms with E-state index in [1.165, 1.54) is 12.8 Å². The predicted octanol–water partition coefficient (Wildman–Crippen LogP) is 6.47. The SMILES string of the molecule is CCC.Cc1nn(-c2cccc(-c3cccc(C(=O)N4CCCCC4)c3)c2)c(C2CC2)c1C(=O)O. The van der Waals surface area contributed by atoms with Gasteiger partial charge in [0.2, 0.25) is 0 Å². The van der Waals surface area contributed by atoms with Gasteiger partial charge >= 0.3 is 5.97 Å². The zero-order chi connectivity index (χ0) is 24.9. The average Bonchev–Trinajstić information content (AvgIpc) is 3.66. The lowest BCUT2D eigenvalue weighted by Gasteiger charge is -2.26. The summed E-state index contributed by atoms with van der Waals surface area (Å²) in [5, 5.41) is 14.3. The molecule has 1 N–H and O–H groups in total. The van der Waals surface area contributed by atoms with E-state index >= 15 is 0 Å². The van der Waals surface area contributed by atoms with Gasteiger partial charge in [0.05, 0.1) is 17.1 Å². The monoisotopic (exact) mass is 473 g/mol. The molecular weight excluding hydrogens is 438 g/mol. The van der Waals surface area contributed by atoms with E-state index in [9.17, 15) is 14.7 Å². The number of hydrogen-bond acceptors (Lipinski definition) is 3. The van der Waals surface area contributed by atoms with E-state index in [2.05, 4.69) is 18.9 Å². The molecule has 1 amide bonds. The third-order valence-corrected chi connectivity index (χ3v) is 6.45. The molecule has 0 atom stereocenters. The van der Waals surface area contributed by atoms with Crippen molar-refractivity contribution in [1.82, 2.24) is 14.7 Å². The number of hydrogen-bond donors (Lipinski definition) is 1. The molecule has 2 aromatic carbocycles. The highest BCUT2D eigenvalue weighted by Crippen LogP contribution is 2.43. The number of carbonyl (C=O) groups excluding carboxylic acids is 1. The van der Waals surface area contributed by atoms with Gasteiger partial charge in [-0.15, -0.1) is 0 Å². The van der Waals surface area contributed by atoms with Gasteiger partial charge < -0.3 is 10.0 Å². The minimum atomic E-state index is -0.921. The van der Waals surface area contributed by atoms with Gasteiger partial charge in [-0.3, -0.25) is 4.79 Å². The van der Waals surface area contributed by atoms with E-state index < -0.39 is 5.97 Å². The zero-order valence-electron chi connectivity index (χ0n) is 21.0. The van der Waals surface area contributed by atoms with Gasteiger partial charge in [-0.25, -0.2) is 9.48 Å². The lowest BCUT2D eigenvalue weighted by atomic mass is 10.0. The number of benzene rings is 2. The highest BCUT2D eigenvalue weighted by Gasteiger charge is 2.34. The van der Waals surface area contributed by atoms with Crippen molar-refractivity contribution in [2.45, 2.75) is 65.2 Å². The van der Waals surface area contributed by atoms with Crippen LogP contribution >= 0.6 is 0 Å². The smallest absolute Gasteiger partial charge is 0.339 e. The van der Waals surface area contributed by atoms with Gasteiger partial charge in [0.25, 0.3) is 5.91 Å². The number of likely N-dealkylation sites (tertiary alicyclic amines) is 1. The number of piperidine rings is 1. The molecule has 3 aromatic rings. The normalized spacial score (nSPS) is 15.3. The number of carbonyl (C=O) groups is 2. The molecule has 1 aliphatic carbocycles. The second-order valence-electron chi connectivity index (χ2n) is 9.53. The summed E-state index contributed by atoms with van der Waals surface area (Å²) in [7, 11) is 0. The first kappa shape index (κ1) is 24.7. The van der Waals surface area contributed by atoms with Crippen molar-refractivity contribution < 1.29 is 14.7 Å². The van der Waals surface area contributed by atoms with Crippen LogP contribution in [0.15, 0.2) is 48.5 Å². The largest absolute Gasteiger partial charge is 0.478 e. The number of rotatable bonds is 5. The highest BCUT2D eigenvalue weighted by molar-refractivity contribution is 5.95. The molecule has 0 unspecified atom stereocenters. The molecule has 2 fully saturated rings. The van der Waals surface area contributed by atoms with Crippen molar-refractivity contribution in [2.24, 2.45) is 0 Å². The predicted molar refractivity (Wildman–Crippen MR) is 138 cm³/mol. The number of carboxylic acid groups (broad SMARTS) is 1. The number of aromatic carboxylic acids is 1. The molecule has 2 heterocycles. The number of nitrogens with zero attached hydrogens (tertiary/aromatic N) is 3. The maximum absolute atomic E-state index is 13.0. The molecule has 0 bridgehead atoms. The van der Waals surface area contributed by atoms with Crippen LogP contribution in [0.5, 0.6) is 0 Å². The summed E-state index contributed by atoms with van der Waals surface area (Å²) in [6.07, 6.45) is 6.56. The maximum atomic E-state index is 13.0. The van der Waals surface area contributed by atoms with Crippen LogP contribution in [-0.2, 0) is 0 Å². The Morgan fingerprint density at radius 2 is 1.60 bits per heavy atom. The minimum Gasteiger partial charge on any atom is -0.478 e. The van der Waals surface area contributed by atoms with E-state index in [1.54, 1.807) is 11.6 Å². The van der Waals surface area contributed by atoms with Crippen LogP contribution in [0, 0.1) is 6.92 Å². The molecule has 5 rings (SSSR count). The van der Waals surface area contributed by atoms with Gasteiger partial charge in [-0.2, -0.15) is 5.10 Å². The summed E-state index contributed by atoms with van der Waals surface area (Å²) in [5.74, 6) is -0.584. The van der Waals surface area contributed by atoms with Crippen LogP contribution in [0.1, 0.15) is 90.4 Å². The Hall–Kier alpha value is -3.41. The molecular formula is C29H35N3O3. The van der Waals surface area contributed by atoms with Gasteiger partial charge in [-0.05, 0) is 74.4 Å². The molecule has 0 radical (unpaired) electrons. The second kappa shape index (κ2) is 10.9. The van der Waals surface area contributed by atoms with E-state index in [1.807, 2.05) is 53.4 Å². The summed E-state index contributed by atoms with van der Waals surface area (Å²) in [5.41, 5.74) is 5.14. The van der Waals surface area contributed by atoms with Crippen LogP contribution in [-0.4, -0.2) is 44.8 Å². The number of amides is 1. The number of aromatic nitrogens is 2. The van der Waals surface area contributed by atoms with Crippen LogP contribution in [0.25, 0.3) is 16.8 Å². The minimum absolute atomic E-state index is 0.0903. The summed E-state index contributed by atoms with van der Waals surface area (Å²) in [6.45, 7) is 7.66. The maximum Gasteiger partial charge on any atom is 0.339 e. The van der Waals surface area contributed by atoms with E-state index in [-0.39, 0.29) is 11.8 Å². The molecule has 1 saturated heterocycles. The molecule has 184 valence electrons. The summed E-state index contributed by atoms with van der Waals surface area (Å²) >= 11 is 0. The topological polar surface area (TPSA) is 75.4 Å². The average molecular weight is 474 g/mol. The van der Waals surface area contributed by atoms with Crippen molar-refractivity contribution in [1.29, 1.82) is 0 Å². The van der Waals surface area contributed by atoms with E-state index in [0.29, 0.717) is 16.8 Å². The standard InChI is InChI=1S/C26H27N3O3.C3H8/c1-17-23(26(31)32)24(18-11-12-18)29(27-17)22-10-6-8-20(16-22)19-7-5-9-21(15-19)25(30)28-13-3-2-4-14-28;1-3-2/h5-10,15-16,18H,2-4,11-14H2,1H3,(H,31,32);3H2,1-2H3. The number of carboxylic acids is 1. The lowest BCUT2D eigenvalue weighted by molar-refractivity contribution is 0.0692. The summed E-state index contributed by atoms with van der Waals surface area (Å²) < 4.78 is 1.79. The molecule has 0 spiro atoms. The Balaban J connectivity index is 0.000000917. The molecule has 1 aromatic heterocycles. The third-order valence-electron chi connectivity index (χ3n) is 6.45. The van der Waals surface area contributed by atoms with E-state index in [0.717, 1.165) is 61.3 Å². The molecule has 6 nitrogen and oxygen atoms in total. The summed E-state index contributed by atoms with van der Waals surface area (Å²) in [4.78, 5) is 26.8. The third kappa shape index (κ3) is 5.47. The van der Waals surface area contributed by atoms with Crippen LogP contribution in [0.4, 0.5) is 0 Å². The fraction of sp³-hybridized carbons (Fsp3) is 0.414. The molecule has 35 heavy (non-hydrogen) atoms. The molecule has 6 heteroatoms. The first-order chi connectivity index (χ1) is 16.9. The first-order valence-corrected chi connectivity index (χ1v) is 12.8. The fourth-order valence-electron chi connectivity index (χ4n) is 4.67. The Labute approximate surface area is 207 Å². The van der Waals surface area contributed by atoms with Gasteiger partial charge in [-0.1, -0.05) is 44.5 Å². The molecule has 2 aliphatic rings. The fourth-order valence-corrected chi connectivity index (χ4v) is 4.67. The molecule has 1 aliphatic heterocycles. The highest BCUT2D eigenvalue weighted by atomic mass is 16.4. The van der Waals surface area contributed by atoms with Gasteiger partial charge in [0.1, 0.15) is 5.56 Å². The van der Waals surface area contributed by atoms with Gasteiger partial charge in [0, 0.05) is 24.6 Å². The summed E-state index contributed by atoms with van der Waals surface area (Å²) in [6, 6.07) is 15.7. The quantitative estimate of drug-likeness (QED) is 0.461. The Morgan fingerprint density at radius 1 is 0.971 bits per heavy atom. The van der Waals surface area contributed by atoms with Crippen molar-refractivity contribution in [3.05, 3.63) is 71.0 Å². The van der Waals surface area contributed by atoms with Crippen LogP contribution in [0.2, 0.25) is 0 Å². The first-order valence-electron chi connectivity index (χ1n) is 12.8. The Bertz CT molecular complexity index is 1200. The van der Waals surface area contributed by atoms with Crippen molar-refractivity contribution in [3.8, 4) is 16.8 Å². The zero-order valence-corrected chi connectivity index (χ0v) is 21.0. The Kier molecular flexibility index (Phi) is 7.69. The Morgan fingerprint density at radius 3 is 2.23 bits per heavy atom. The van der Waals surface area contributed by atoms with Crippen molar-refractivity contribution in [2.75, 3.05) is 13.1 Å². The lowest BCUT2D eigenvalue weighted by Crippen LogP contribution is -2.35. The van der Waals surface area contributed by atoms with E-state index in [4.69, 9.17) is 0 Å².